The van der Waals surface area contributed by atoms with Gasteiger partial charge < -0.3 is 9.13 Å². The van der Waals surface area contributed by atoms with Gasteiger partial charge in [0.2, 0.25) is 0 Å². The second-order valence-electron chi connectivity index (χ2n) is 17.4. The van der Waals surface area contributed by atoms with Crippen LogP contribution < -0.4 is 0 Å². The summed E-state index contributed by atoms with van der Waals surface area (Å²) in [6, 6.07) is 59.0. The Kier molecular flexibility index (Phi) is 9.81. The molecule has 9 aromatic carbocycles. The third-order valence-electron chi connectivity index (χ3n) is 13.6. The highest BCUT2D eigenvalue weighted by atomic mass is 15.0. The molecule has 0 N–H and O–H groups in total. The Hall–Kier alpha value is -7.16. The fourth-order valence-electron chi connectivity index (χ4n) is 10.7. The predicted molar refractivity (Wildman–Crippen MR) is 275 cm³/mol. The molecule has 0 amide bonds. The standard InChI is InChI=1S/C61H52N2/c1-5-7-8-9-21-44-30-31-45(59-41(4)29-28-40(3)58(44)59)32-33-47-39-56(62-52-26-16-14-24-50(52)60-48-22-12-10-19-42(48)34-36-54(60)62)46(18-6-2)38-57(47)63-53-27-17-15-25-51(53)61-49-23-13-11-20-43(49)35-37-55(61)63/h6,10-20,22-39H,5,7-9,21H2,1-4H3/b18-6+,33-32+. The molecule has 306 valence electrons. The van der Waals surface area contributed by atoms with Crippen LogP contribution in [-0.2, 0) is 6.42 Å². The molecule has 0 saturated carbocycles. The molecular formula is C61H52N2. The molecule has 11 aromatic rings. The summed E-state index contributed by atoms with van der Waals surface area (Å²) in [6.45, 7) is 8.99. The number of unbranched alkanes of at least 4 members (excludes halogenated alkanes) is 3. The van der Waals surface area contributed by atoms with Crippen molar-refractivity contribution in [1.29, 1.82) is 0 Å². The van der Waals surface area contributed by atoms with Crippen molar-refractivity contribution in [3.05, 3.63) is 197 Å². The van der Waals surface area contributed by atoms with Crippen LogP contribution in [0.5, 0.6) is 0 Å². The van der Waals surface area contributed by atoms with E-state index in [2.05, 4.69) is 219 Å². The molecule has 0 aliphatic rings. The second kappa shape index (κ2) is 15.9. The Morgan fingerprint density at radius 2 is 0.921 bits per heavy atom. The van der Waals surface area contributed by atoms with Crippen molar-refractivity contribution >= 4 is 94.2 Å². The minimum Gasteiger partial charge on any atom is -0.309 e. The highest BCUT2D eigenvalue weighted by molar-refractivity contribution is 6.23. The van der Waals surface area contributed by atoms with Gasteiger partial charge in [-0.25, -0.2) is 0 Å². The van der Waals surface area contributed by atoms with E-state index in [1.807, 2.05) is 0 Å². The average molecular weight is 813 g/mol. The summed E-state index contributed by atoms with van der Waals surface area (Å²) in [5.41, 5.74) is 14.8. The van der Waals surface area contributed by atoms with Crippen LogP contribution in [0, 0.1) is 13.8 Å². The summed E-state index contributed by atoms with van der Waals surface area (Å²) in [5.74, 6) is 0. The maximum absolute atomic E-state index is 2.51. The summed E-state index contributed by atoms with van der Waals surface area (Å²) in [6.07, 6.45) is 15.4. The highest BCUT2D eigenvalue weighted by Crippen LogP contribution is 2.42. The molecule has 0 atom stereocenters. The lowest BCUT2D eigenvalue weighted by Crippen LogP contribution is -2.03. The first-order chi connectivity index (χ1) is 31.0. The van der Waals surface area contributed by atoms with Gasteiger partial charge in [-0.05, 0) is 125 Å². The Labute approximate surface area is 370 Å². The third-order valence-corrected chi connectivity index (χ3v) is 13.6. The summed E-state index contributed by atoms with van der Waals surface area (Å²) in [7, 11) is 0. The first-order valence-electron chi connectivity index (χ1n) is 22.9. The van der Waals surface area contributed by atoms with Gasteiger partial charge in [0.1, 0.15) is 0 Å². The molecule has 0 aliphatic carbocycles. The molecule has 2 heterocycles. The Balaban J connectivity index is 1.22. The summed E-state index contributed by atoms with van der Waals surface area (Å²) >= 11 is 0. The number of aromatic nitrogens is 2. The number of fused-ring (bicyclic) bond motifs is 11. The SMILES string of the molecule is C/C=C/c1cc(-n2c3ccccc3c3c4ccccc4ccc32)c(/C=C/c2ccc(CCCCCC)c3c(C)ccc(C)c23)cc1-n1c2ccccc2c2c3ccccc3ccc21. The molecule has 0 unspecified atom stereocenters. The number of nitrogens with zero attached hydrogens (tertiary/aromatic N) is 2. The van der Waals surface area contributed by atoms with Gasteiger partial charge in [0.05, 0.1) is 33.4 Å². The van der Waals surface area contributed by atoms with Crippen LogP contribution in [0.15, 0.2) is 164 Å². The van der Waals surface area contributed by atoms with Crippen molar-refractivity contribution < 1.29 is 0 Å². The number of hydrogen-bond acceptors (Lipinski definition) is 0. The monoisotopic (exact) mass is 812 g/mol. The van der Waals surface area contributed by atoms with E-state index in [-0.39, 0.29) is 0 Å². The lowest BCUT2D eigenvalue weighted by molar-refractivity contribution is 0.668. The van der Waals surface area contributed by atoms with Crippen molar-refractivity contribution in [3.63, 3.8) is 0 Å². The normalized spacial score (nSPS) is 12.3. The topological polar surface area (TPSA) is 9.86 Å². The van der Waals surface area contributed by atoms with Gasteiger partial charge >= 0.3 is 0 Å². The zero-order valence-corrected chi connectivity index (χ0v) is 36.8. The third kappa shape index (κ3) is 6.39. The van der Waals surface area contributed by atoms with E-state index in [4.69, 9.17) is 0 Å². The zero-order valence-electron chi connectivity index (χ0n) is 36.8. The lowest BCUT2D eigenvalue weighted by Gasteiger charge is -2.19. The van der Waals surface area contributed by atoms with E-state index in [0.29, 0.717) is 0 Å². The van der Waals surface area contributed by atoms with Crippen molar-refractivity contribution in [2.75, 3.05) is 0 Å². The summed E-state index contributed by atoms with van der Waals surface area (Å²) < 4.78 is 5.02. The maximum Gasteiger partial charge on any atom is 0.0547 e. The van der Waals surface area contributed by atoms with Crippen LogP contribution in [0.25, 0.3) is 106 Å². The van der Waals surface area contributed by atoms with Gasteiger partial charge in [-0.3, -0.25) is 0 Å². The van der Waals surface area contributed by atoms with Crippen LogP contribution in [0.4, 0.5) is 0 Å². The molecule has 0 spiro atoms. The second-order valence-corrected chi connectivity index (χ2v) is 17.4. The fourth-order valence-corrected chi connectivity index (χ4v) is 10.7. The molecule has 0 radical (unpaired) electrons. The van der Waals surface area contributed by atoms with Gasteiger partial charge in [-0.15, -0.1) is 0 Å². The average Bonchev–Trinajstić information content (AvgIpc) is 3.84. The zero-order chi connectivity index (χ0) is 42.6. The van der Waals surface area contributed by atoms with Crippen LogP contribution >= 0.6 is 0 Å². The summed E-state index contributed by atoms with van der Waals surface area (Å²) in [4.78, 5) is 0. The van der Waals surface area contributed by atoms with E-state index >= 15 is 0 Å². The highest BCUT2D eigenvalue weighted by Gasteiger charge is 2.21. The Bertz CT molecular complexity index is 3640. The molecule has 0 fully saturated rings. The van der Waals surface area contributed by atoms with E-state index < -0.39 is 0 Å². The number of rotatable bonds is 10. The molecule has 63 heavy (non-hydrogen) atoms. The number of aryl methyl sites for hydroxylation is 3. The molecule has 0 saturated heterocycles. The van der Waals surface area contributed by atoms with Crippen molar-refractivity contribution in [3.8, 4) is 11.4 Å². The quantitative estimate of drug-likeness (QED) is 0.0962. The minimum absolute atomic E-state index is 1.11. The first kappa shape index (κ1) is 38.7. The lowest BCUT2D eigenvalue weighted by atomic mass is 9.90. The fraction of sp³-hybridized carbons (Fsp3) is 0.148. The van der Waals surface area contributed by atoms with Gasteiger partial charge in [-0.2, -0.15) is 0 Å². The van der Waals surface area contributed by atoms with Crippen molar-refractivity contribution in [1.82, 2.24) is 9.13 Å². The molecule has 0 aliphatic heterocycles. The minimum atomic E-state index is 1.11. The number of para-hydroxylation sites is 2. The van der Waals surface area contributed by atoms with Crippen LogP contribution in [0.2, 0.25) is 0 Å². The Morgan fingerprint density at radius 1 is 0.413 bits per heavy atom. The predicted octanol–water partition coefficient (Wildman–Crippen LogP) is 17.3. The summed E-state index contributed by atoms with van der Waals surface area (Å²) in [5, 5.41) is 12.9. The molecule has 2 heteroatoms. The van der Waals surface area contributed by atoms with Gasteiger partial charge in [0.25, 0.3) is 0 Å². The van der Waals surface area contributed by atoms with Crippen LogP contribution in [0.1, 0.15) is 72.9 Å². The number of benzene rings is 9. The van der Waals surface area contributed by atoms with Crippen LogP contribution in [0.3, 0.4) is 0 Å². The first-order valence-corrected chi connectivity index (χ1v) is 22.9. The smallest absolute Gasteiger partial charge is 0.0547 e. The molecule has 2 nitrogen and oxygen atoms in total. The molecule has 2 aromatic heterocycles. The van der Waals surface area contributed by atoms with Crippen molar-refractivity contribution in [2.45, 2.75) is 59.8 Å². The maximum atomic E-state index is 2.51. The van der Waals surface area contributed by atoms with Gasteiger partial charge in [-0.1, -0.05) is 172 Å². The molecular weight excluding hydrogens is 761 g/mol. The van der Waals surface area contributed by atoms with Gasteiger partial charge in [0.15, 0.2) is 0 Å². The molecule has 11 rings (SSSR count). The molecule has 0 bridgehead atoms. The van der Waals surface area contributed by atoms with E-state index in [0.717, 1.165) is 28.9 Å². The van der Waals surface area contributed by atoms with E-state index in [1.54, 1.807) is 0 Å². The van der Waals surface area contributed by atoms with Gasteiger partial charge in [0, 0.05) is 32.7 Å². The Morgan fingerprint density at radius 3 is 1.49 bits per heavy atom. The largest absolute Gasteiger partial charge is 0.309 e. The number of hydrogen-bond donors (Lipinski definition) is 0. The van der Waals surface area contributed by atoms with Crippen LogP contribution in [-0.4, -0.2) is 9.13 Å². The van der Waals surface area contributed by atoms with E-state index in [1.165, 1.54) is 124 Å². The van der Waals surface area contributed by atoms with E-state index in [9.17, 15) is 0 Å². The number of allylic oxidation sites excluding steroid dienone is 1. The van der Waals surface area contributed by atoms with Crippen molar-refractivity contribution in [2.24, 2.45) is 0 Å².